The van der Waals surface area contributed by atoms with Crippen LogP contribution in [-0.2, 0) is 11.2 Å². The molecule has 0 radical (unpaired) electrons. The van der Waals surface area contributed by atoms with Gasteiger partial charge >= 0.3 is 5.97 Å². The van der Waals surface area contributed by atoms with Crippen LogP contribution in [0.1, 0.15) is 31.2 Å². The molecular formula is C16H16N4O2. The van der Waals surface area contributed by atoms with Gasteiger partial charge in [-0.05, 0) is 23.6 Å². The minimum Gasteiger partial charge on any atom is -0.481 e. The maximum atomic E-state index is 10.9. The monoisotopic (exact) mass is 296 g/mol. The Labute approximate surface area is 127 Å². The maximum Gasteiger partial charge on any atom is 0.311 e. The third-order valence-electron chi connectivity index (χ3n) is 3.51. The van der Waals surface area contributed by atoms with E-state index in [0.29, 0.717) is 17.4 Å². The number of carboxylic acid groups (broad SMARTS) is 1. The van der Waals surface area contributed by atoms with Crippen LogP contribution in [0.3, 0.4) is 0 Å². The van der Waals surface area contributed by atoms with E-state index in [-0.39, 0.29) is 6.42 Å². The molecule has 112 valence electrons. The number of aromatic nitrogens is 4. The lowest BCUT2D eigenvalue weighted by Gasteiger charge is -2.07. The van der Waals surface area contributed by atoms with Crippen LogP contribution in [0, 0.1) is 0 Å². The standard InChI is InChI=1S/C16H16N4O2/c1-10(2)11-3-5-12(6-4-11)13-7-8-14-17-18-15(9-16(21)22)20(14)19-13/h3-8,10H,9H2,1-2H3,(H,21,22). The van der Waals surface area contributed by atoms with Crippen molar-refractivity contribution in [1.29, 1.82) is 0 Å². The van der Waals surface area contributed by atoms with Crippen LogP contribution in [0.2, 0.25) is 0 Å². The number of fused-ring (bicyclic) bond motifs is 1. The molecule has 0 saturated heterocycles. The molecule has 3 aromatic rings. The van der Waals surface area contributed by atoms with E-state index in [1.807, 2.05) is 18.2 Å². The fourth-order valence-corrected chi connectivity index (χ4v) is 2.27. The van der Waals surface area contributed by atoms with E-state index in [2.05, 4.69) is 41.3 Å². The summed E-state index contributed by atoms with van der Waals surface area (Å²) in [6.07, 6.45) is -0.204. The van der Waals surface area contributed by atoms with Crippen LogP contribution in [0.4, 0.5) is 0 Å². The molecule has 1 aromatic carbocycles. The predicted octanol–water partition coefficient (Wildman–Crippen LogP) is 2.54. The highest BCUT2D eigenvalue weighted by Crippen LogP contribution is 2.21. The first-order valence-corrected chi connectivity index (χ1v) is 7.08. The normalized spacial score (nSPS) is 11.2. The summed E-state index contributed by atoms with van der Waals surface area (Å²) < 4.78 is 1.49. The molecular weight excluding hydrogens is 280 g/mol. The van der Waals surface area contributed by atoms with E-state index in [9.17, 15) is 4.79 Å². The number of benzene rings is 1. The van der Waals surface area contributed by atoms with Gasteiger partial charge in [-0.25, -0.2) is 0 Å². The lowest BCUT2D eigenvalue weighted by Crippen LogP contribution is -2.07. The molecule has 0 amide bonds. The number of hydrogen-bond donors (Lipinski definition) is 1. The molecule has 0 aliphatic rings. The van der Waals surface area contributed by atoms with Gasteiger partial charge in [0.2, 0.25) is 0 Å². The molecule has 0 saturated carbocycles. The van der Waals surface area contributed by atoms with Crippen molar-refractivity contribution < 1.29 is 9.90 Å². The molecule has 0 aliphatic carbocycles. The number of carbonyl (C=O) groups is 1. The second kappa shape index (κ2) is 5.55. The lowest BCUT2D eigenvalue weighted by molar-refractivity contribution is -0.136. The number of aliphatic carboxylic acids is 1. The molecule has 0 bridgehead atoms. The van der Waals surface area contributed by atoms with Crippen molar-refractivity contribution in [2.45, 2.75) is 26.2 Å². The summed E-state index contributed by atoms with van der Waals surface area (Å²) in [4.78, 5) is 10.9. The SMILES string of the molecule is CC(C)c1ccc(-c2ccc3nnc(CC(=O)O)n3n2)cc1. The van der Waals surface area contributed by atoms with Crippen LogP contribution >= 0.6 is 0 Å². The second-order valence-electron chi connectivity index (χ2n) is 5.45. The fourth-order valence-electron chi connectivity index (χ4n) is 2.27. The Morgan fingerprint density at radius 2 is 1.86 bits per heavy atom. The summed E-state index contributed by atoms with van der Waals surface area (Å²) in [6, 6.07) is 11.8. The summed E-state index contributed by atoms with van der Waals surface area (Å²) in [5.74, 6) is -0.157. The average Bonchev–Trinajstić information content (AvgIpc) is 2.89. The van der Waals surface area contributed by atoms with Gasteiger partial charge in [0.1, 0.15) is 6.42 Å². The van der Waals surface area contributed by atoms with Gasteiger partial charge in [-0.15, -0.1) is 10.2 Å². The first-order chi connectivity index (χ1) is 10.5. The van der Waals surface area contributed by atoms with E-state index in [0.717, 1.165) is 11.3 Å². The summed E-state index contributed by atoms with van der Waals surface area (Å²) in [5, 5.41) is 21.2. The first-order valence-electron chi connectivity index (χ1n) is 7.08. The van der Waals surface area contributed by atoms with Crippen LogP contribution in [0.25, 0.3) is 16.9 Å². The molecule has 3 rings (SSSR count). The molecule has 6 heteroatoms. The topological polar surface area (TPSA) is 80.4 Å². The number of carboxylic acids is 1. The third kappa shape index (κ3) is 2.67. The van der Waals surface area contributed by atoms with Crippen LogP contribution in [0.15, 0.2) is 36.4 Å². The molecule has 0 atom stereocenters. The van der Waals surface area contributed by atoms with E-state index in [1.54, 1.807) is 6.07 Å². The molecule has 22 heavy (non-hydrogen) atoms. The van der Waals surface area contributed by atoms with E-state index >= 15 is 0 Å². The Balaban J connectivity index is 2.01. The molecule has 0 spiro atoms. The van der Waals surface area contributed by atoms with Crippen molar-refractivity contribution >= 4 is 11.6 Å². The van der Waals surface area contributed by atoms with E-state index in [1.165, 1.54) is 10.1 Å². The van der Waals surface area contributed by atoms with Gasteiger partial charge in [0.05, 0.1) is 5.69 Å². The zero-order valence-electron chi connectivity index (χ0n) is 12.4. The van der Waals surface area contributed by atoms with Crippen molar-refractivity contribution in [1.82, 2.24) is 19.8 Å². The summed E-state index contributed by atoms with van der Waals surface area (Å²) in [7, 11) is 0. The lowest BCUT2D eigenvalue weighted by atomic mass is 10.0. The van der Waals surface area contributed by atoms with Gasteiger partial charge < -0.3 is 5.11 Å². The number of hydrogen-bond acceptors (Lipinski definition) is 4. The Bertz CT molecular complexity index is 822. The van der Waals surface area contributed by atoms with Crippen molar-refractivity contribution in [2.75, 3.05) is 0 Å². The average molecular weight is 296 g/mol. The van der Waals surface area contributed by atoms with Crippen molar-refractivity contribution in [3.05, 3.63) is 47.8 Å². The highest BCUT2D eigenvalue weighted by atomic mass is 16.4. The highest BCUT2D eigenvalue weighted by Gasteiger charge is 2.12. The Morgan fingerprint density at radius 1 is 1.14 bits per heavy atom. The molecule has 0 fully saturated rings. The Kier molecular flexibility index (Phi) is 3.58. The summed E-state index contributed by atoms with van der Waals surface area (Å²) in [5.41, 5.74) is 3.54. The van der Waals surface area contributed by atoms with Gasteiger partial charge in [0.15, 0.2) is 11.5 Å². The molecule has 2 heterocycles. The predicted molar refractivity (Wildman–Crippen MR) is 81.6 cm³/mol. The number of nitrogens with zero attached hydrogens (tertiary/aromatic N) is 4. The summed E-state index contributed by atoms with van der Waals surface area (Å²) in [6.45, 7) is 4.29. The minimum absolute atomic E-state index is 0.204. The molecule has 2 aromatic heterocycles. The van der Waals surface area contributed by atoms with Crippen LogP contribution in [0.5, 0.6) is 0 Å². The highest BCUT2D eigenvalue weighted by molar-refractivity contribution is 5.69. The van der Waals surface area contributed by atoms with Crippen LogP contribution < -0.4 is 0 Å². The summed E-state index contributed by atoms with van der Waals surface area (Å²) >= 11 is 0. The second-order valence-corrected chi connectivity index (χ2v) is 5.45. The molecule has 1 N–H and O–H groups in total. The minimum atomic E-state index is -0.956. The largest absolute Gasteiger partial charge is 0.481 e. The van der Waals surface area contributed by atoms with Crippen molar-refractivity contribution in [3.8, 4) is 11.3 Å². The van der Waals surface area contributed by atoms with Crippen molar-refractivity contribution in [2.24, 2.45) is 0 Å². The van der Waals surface area contributed by atoms with Gasteiger partial charge in [0, 0.05) is 5.56 Å². The molecule has 6 nitrogen and oxygen atoms in total. The van der Waals surface area contributed by atoms with Gasteiger partial charge in [-0.3, -0.25) is 4.79 Å². The molecule has 0 unspecified atom stereocenters. The Morgan fingerprint density at radius 3 is 2.50 bits per heavy atom. The number of rotatable bonds is 4. The van der Waals surface area contributed by atoms with Gasteiger partial charge in [0.25, 0.3) is 0 Å². The van der Waals surface area contributed by atoms with E-state index in [4.69, 9.17) is 5.11 Å². The van der Waals surface area contributed by atoms with Gasteiger partial charge in [-0.2, -0.15) is 9.61 Å². The zero-order chi connectivity index (χ0) is 15.7. The van der Waals surface area contributed by atoms with Crippen molar-refractivity contribution in [3.63, 3.8) is 0 Å². The van der Waals surface area contributed by atoms with E-state index < -0.39 is 5.97 Å². The smallest absolute Gasteiger partial charge is 0.311 e. The molecule has 0 aliphatic heterocycles. The first kappa shape index (κ1) is 14.2. The quantitative estimate of drug-likeness (QED) is 0.800. The fraction of sp³-hybridized carbons (Fsp3) is 0.250. The van der Waals surface area contributed by atoms with Crippen LogP contribution in [-0.4, -0.2) is 30.9 Å². The third-order valence-corrected chi connectivity index (χ3v) is 3.51. The Hall–Kier alpha value is -2.76. The van der Waals surface area contributed by atoms with Gasteiger partial charge in [-0.1, -0.05) is 38.1 Å². The maximum absolute atomic E-state index is 10.9. The zero-order valence-corrected chi connectivity index (χ0v) is 12.4.